The molecule has 3 aromatic carbocycles. The molecule has 30 heavy (non-hydrogen) atoms. The van der Waals surface area contributed by atoms with Gasteiger partial charge in [0.25, 0.3) is 10.0 Å². The highest BCUT2D eigenvalue weighted by molar-refractivity contribution is 7.92. The van der Waals surface area contributed by atoms with Crippen LogP contribution in [-0.4, -0.2) is 28.0 Å². The Hall–Kier alpha value is -3.46. The van der Waals surface area contributed by atoms with Gasteiger partial charge in [0.05, 0.1) is 17.7 Å². The van der Waals surface area contributed by atoms with Gasteiger partial charge in [-0.2, -0.15) is 0 Å². The lowest BCUT2D eigenvalue weighted by Crippen LogP contribution is -2.38. The number of amides is 1. The molecule has 0 saturated carbocycles. The van der Waals surface area contributed by atoms with Crippen molar-refractivity contribution in [1.29, 1.82) is 0 Å². The van der Waals surface area contributed by atoms with E-state index in [1.807, 2.05) is 0 Å². The molecule has 0 fully saturated rings. The normalized spacial score (nSPS) is 11.0. The van der Waals surface area contributed by atoms with Gasteiger partial charge < -0.3 is 10.1 Å². The maximum Gasteiger partial charge on any atom is 0.264 e. The first-order valence-corrected chi connectivity index (χ1v) is 10.2. The summed E-state index contributed by atoms with van der Waals surface area (Å²) in [7, 11) is -2.60. The number of carbonyl (C=O) groups excluding carboxylic acids is 1. The standard InChI is InChI=1S/C21H18F2N2O4S/c1-29-17-10-8-16(9-11-17)25(30(27,28)18-5-3-2-4-6-18)14-21(26)24-15-7-12-19(22)20(23)13-15/h2-13H,14H2,1H3,(H,24,26). The van der Waals surface area contributed by atoms with E-state index in [0.29, 0.717) is 5.75 Å². The number of methoxy groups -OCH3 is 1. The van der Waals surface area contributed by atoms with Gasteiger partial charge >= 0.3 is 0 Å². The first-order valence-electron chi connectivity index (χ1n) is 8.78. The van der Waals surface area contributed by atoms with Crippen molar-refractivity contribution in [3.05, 3.63) is 84.4 Å². The molecular formula is C21H18F2N2O4S. The zero-order valence-electron chi connectivity index (χ0n) is 15.9. The Morgan fingerprint density at radius 2 is 1.63 bits per heavy atom. The zero-order chi connectivity index (χ0) is 21.7. The van der Waals surface area contributed by atoms with Crippen LogP contribution in [0.3, 0.4) is 0 Å². The highest BCUT2D eigenvalue weighted by Gasteiger charge is 2.27. The lowest BCUT2D eigenvalue weighted by atomic mass is 10.3. The number of benzene rings is 3. The quantitative estimate of drug-likeness (QED) is 0.616. The van der Waals surface area contributed by atoms with Gasteiger partial charge in [-0.1, -0.05) is 18.2 Å². The van der Waals surface area contributed by atoms with Gasteiger partial charge in [0.2, 0.25) is 5.91 Å². The van der Waals surface area contributed by atoms with Crippen molar-refractivity contribution in [3.63, 3.8) is 0 Å². The molecule has 0 spiro atoms. The van der Waals surface area contributed by atoms with E-state index in [-0.39, 0.29) is 16.3 Å². The van der Waals surface area contributed by atoms with Gasteiger partial charge in [-0.25, -0.2) is 17.2 Å². The molecule has 1 N–H and O–H groups in total. The molecule has 156 valence electrons. The Labute approximate surface area is 172 Å². The van der Waals surface area contributed by atoms with E-state index < -0.39 is 34.1 Å². The first-order chi connectivity index (χ1) is 14.3. The second-order valence-corrected chi connectivity index (χ2v) is 8.06. The predicted molar refractivity (Wildman–Crippen MR) is 109 cm³/mol. The third kappa shape index (κ3) is 4.74. The van der Waals surface area contributed by atoms with Crippen LogP contribution in [0.15, 0.2) is 77.7 Å². The lowest BCUT2D eigenvalue weighted by Gasteiger charge is -2.24. The largest absolute Gasteiger partial charge is 0.497 e. The van der Waals surface area contributed by atoms with Crippen LogP contribution in [-0.2, 0) is 14.8 Å². The van der Waals surface area contributed by atoms with Gasteiger partial charge in [-0.05, 0) is 48.5 Å². The molecule has 0 aliphatic rings. The van der Waals surface area contributed by atoms with Gasteiger partial charge in [-0.15, -0.1) is 0 Å². The Bertz CT molecular complexity index is 1140. The molecule has 0 aliphatic carbocycles. The van der Waals surface area contributed by atoms with Crippen molar-refractivity contribution in [1.82, 2.24) is 0 Å². The summed E-state index contributed by atoms with van der Waals surface area (Å²) in [5.41, 5.74) is 0.241. The fourth-order valence-electron chi connectivity index (χ4n) is 2.69. The van der Waals surface area contributed by atoms with Crippen molar-refractivity contribution in [2.24, 2.45) is 0 Å². The summed E-state index contributed by atoms with van der Waals surface area (Å²) < 4.78 is 58.9. The second kappa shape index (κ2) is 8.91. The summed E-state index contributed by atoms with van der Waals surface area (Å²) in [6, 6.07) is 16.6. The van der Waals surface area contributed by atoms with Crippen LogP contribution in [0.5, 0.6) is 5.75 Å². The molecule has 6 nitrogen and oxygen atoms in total. The smallest absolute Gasteiger partial charge is 0.264 e. The summed E-state index contributed by atoms with van der Waals surface area (Å²) >= 11 is 0. The minimum absolute atomic E-state index is 0.00134. The molecule has 0 bridgehead atoms. The van der Waals surface area contributed by atoms with Gasteiger partial charge in [-0.3, -0.25) is 9.10 Å². The number of sulfonamides is 1. The maximum absolute atomic E-state index is 13.4. The van der Waals surface area contributed by atoms with Crippen molar-refractivity contribution in [2.75, 3.05) is 23.3 Å². The number of halogens is 2. The van der Waals surface area contributed by atoms with Crippen LogP contribution >= 0.6 is 0 Å². The fraction of sp³-hybridized carbons (Fsp3) is 0.0952. The SMILES string of the molecule is COc1ccc(N(CC(=O)Nc2ccc(F)c(F)c2)S(=O)(=O)c2ccccc2)cc1. The van der Waals surface area contributed by atoms with Crippen molar-refractivity contribution < 1.29 is 26.7 Å². The average Bonchev–Trinajstić information content (AvgIpc) is 2.75. The maximum atomic E-state index is 13.4. The molecule has 0 saturated heterocycles. The van der Waals surface area contributed by atoms with E-state index in [0.717, 1.165) is 16.4 Å². The lowest BCUT2D eigenvalue weighted by molar-refractivity contribution is -0.114. The minimum Gasteiger partial charge on any atom is -0.497 e. The summed E-state index contributed by atoms with van der Waals surface area (Å²) in [4.78, 5) is 12.5. The van der Waals surface area contributed by atoms with Crippen LogP contribution in [0.4, 0.5) is 20.2 Å². The molecule has 3 rings (SSSR count). The van der Waals surface area contributed by atoms with Crippen molar-refractivity contribution >= 4 is 27.3 Å². The fourth-order valence-corrected chi connectivity index (χ4v) is 4.13. The van der Waals surface area contributed by atoms with Gasteiger partial charge in [0.15, 0.2) is 11.6 Å². The molecule has 0 atom stereocenters. The van der Waals surface area contributed by atoms with Crippen molar-refractivity contribution in [3.8, 4) is 5.75 Å². The number of ether oxygens (including phenoxy) is 1. The van der Waals surface area contributed by atoms with E-state index >= 15 is 0 Å². The van der Waals surface area contributed by atoms with Crippen LogP contribution < -0.4 is 14.4 Å². The molecule has 0 heterocycles. The van der Waals surface area contributed by atoms with Crippen LogP contribution in [0.1, 0.15) is 0 Å². The van der Waals surface area contributed by atoms with Crippen molar-refractivity contribution in [2.45, 2.75) is 4.90 Å². The summed E-state index contributed by atoms with van der Waals surface area (Å²) in [6.07, 6.45) is 0. The van der Waals surface area contributed by atoms with E-state index in [2.05, 4.69) is 5.32 Å². The topological polar surface area (TPSA) is 75.7 Å². The molecule has 0 radical (unpaired) electrons. The van der Waals surface area contributed by atoms with E-state index in [1.54, 1.807) is 30.3 Å². The summed E-state index contributed by atoms with van der Waals surface area (Å²) in [5, 5.41) is 2.38. The molecule has 3 aromatic rings. The highest BCUT2D eigenvalue weighted by atomic mass is 32.2. The Balaban J connectivity index is 1.92. The number of carbonyl (C=O) groups is 1. The Morgan fingerprint density at radius 1 is 0.967 bits per heavy atom. The van der Waals surface area contributed by atoms with Crippen LogP contribution in [0.2, 0.25) is 0 Å². The third-order valence-electron chi connectivity index (χ3n) is 4.18. The second-order valence-electron chi connectivity index (χ2n) is 6.20. The van der Waals surface area contributed by atoms with E-state index in [1.165, 1.54) is 37.4 Å². The number of nitrogens with one attached hydrogen (secondary N) is 1. The number of nitrogens with zero attached hydrogens (tertiary/aromatic N) is 1. The first kappa shape index (κ1) is 21.3. The molecule has 0 aromatic heterocycles. The number of anilines is 2. The summed E-state index contributed by atoms with van der Waals surface area (Å²) in [6.45, 7) is -0.581. The Kier molecular flexibility index (Phi) is 6.31. The molecule has 0 unspecified atom stereocenters. The number of rotatable bonds is 7. The predicted octanol–water partition coefficient (Wildman–Crippen LogP) is 3.81. The monoisotopic (exact) mass is 432 g/mol. The molecule has 9 heteroatoms. The molecule has 1 amide bonds. The number of hydrogen-bond donors (Lipinski definition) is 1. The minimum atomic E-state index is -4.08. The van der Waals surface area contributed by atoms with E-state index in [9.17, 15) is 22.0 Å². The molecule has 0 aliphatic heterocycles. The Morgan fingerprint density at radius 3 is 2.23 bits per heavy atom. The van der Waals surface area contributed by atoms with Crippen LogP contribution in [0, 0.1) is 11.6 Å². The third-order valence-corrected chi connectivity index (χ3v) is 5.97. The van der Waals surface area contributed by atoms with Gasteiger partial charge in [0, 0.05) is 11.8 Å². The highest BCUT2D eigenvalue weighted by Crippen LogP contribution is 2.26. The van der Waals surface area contributed by atoms with Crippen LogP contribution in [0.25, 0.3) is 0 Å². The summed E-state index contributed by atoms with van der Waals surface area (Å²) in [5.74, 6) is -2.39. The number of hydrogen-bond acceptors (Lipinski definition) is 4. The average molecular weight is 432 g/mol. The molecular weight excluding hydrogens is 414 g/mol. The van der Waals surface area contributed by atoms with E-state index in [4.69, 9.17) is 4.74 Å². The van der Waals surface area contributed by atoms with Gasteiger partial charge in [0.1, 0.15) is 12.3 Å². The zero-order valence-corrected chi connectivity index (χ0v) is 16.7.